The van der Waals surface area contributed by atoms with Crippen LogP contribution in [-0.2, 0) is 0 Å². The SMILES string of the molecule is CC(CN)(NC(=O)c1ccc2ncsc2c1)C1CC1. The summed E-state index contributed by atoms with van der Waals surface area (Å²) in [6.07, 6.45) is 2.31. The number of thiazole rings is 1. The molecule has 1 fully saturated rings. The molecule has 0 spiro atoms. The predicted molar refractivity (Wildman–Crippen MR) is 77.3 cm³/mol. The van der Waals surface area contributed by atoms with E-state index in [9.17, 15) is 4.79 Å². The number of aromatic nitrogens is 1. The summed E-state index contributed by atoms with van der Waals surface area (Å²) >= 11 is 1.55. The Morgan fingerprint density at radius 1 is 1.58 bits per heavy atom. The number of fused-ring (bicyclic) bond motifs is 1. The summed E-state index contributed by atoms with van der Waals surface area (Å²) in [6, 6.07) is 5.60. The summed E-state index contributed by atoms with van der Waals surface area (Å²) in [6.45, 7) is 2.51. The van der Waals surface area contributed by atoms with Crippen LogP contribution in [0.1, 0.15) is 30.1 Å². The van der Waals surface area contributed by atoms with Gasteiger partial charge in [-0.2, -0.15) is 0 Å². The van der Waals surface area contributed by atoms with Crippen molar-refractivity contribution in [3.05, 3.63) is 29.3 Å². The Hall–Kier alpha value is -1.46. The second kappa shape index (κ2) is 4.58. The van der Waals surface area contributed by atoms with E-state index in [4.69, 9.17) is 5.73 Å². The van der Waals surface area contributed by atoms with Crippen LogP contribution < -0.4 is 11.1 Å². The van der Waals surface area contributed by atoms with Crippen LogP contribution in [0, 0.1) is 5.92 Å². The lowest BCUT2D eigenvalue weighted by molar-refractivity contribution is 0.0898. The van der Waals surface area contributed by atoms with E-state index >= 15 is 0 Å². The highest BCUT2D eigenvalue weighted by Gasteiger charge is 2.41. The minimum Gasteiger partial charge on any atom is -0.345 e. The van der Waals surface area contributed by atoms with Crippen LogP contribution in [0.4, 0.5) is 0 Å². The molecule has 1 aromatic heterocycles. The largest absolute Gasteiger partial charge is 0.345 e. The van der Waals surface area contributed by atoms with Crippen LogP contribution in [0.25, 0.3) is 10.2 Å². The van der Waals surface area contributed by atoms with E-state index < -0.39 is 0 Å². The van der Waals surface area contributed by atoms with Gasteiger partial charge in [0.1, 0.15) is 0 Å². The van der Waals surface area contributed by atoms with Crippen molar-refractivity contribution >= 4 is 27.5 Å². The molecule has 1 unspecified atom stereocenters. The lowest BCUT2D eigenvalue weighted by atomic mass is 9.95. The summed E-state index contributed by atoms with van der Waals surface area (Å²) in [5.41, 5.74) is 8.95. The Kier molecular flexibility index (Phi) is 3.03. The molecule has 0 radical (unpaired) electrons. The van der Waals surface area contributed by atoms with Gasteiger partial charge in [-0.3, -0.25) is 4.79 Å². The highest BCUT2D eigenvalue weighted by Crippen LogP contribution is 2.39. The van der Waals surface area contributed by atoms with Crippen LogP contribution in [0.3, 0.4) is 0 Å². The molecule has 1 saturated carbocycles. The topological polar surface area (TPSA) is 68.0 Å². The Balaban J connectivity index is 1.82. The lowest BCUT2D eigenvalue weighted by Crippen LogP contribution is -2.53. The maximum Gasteiger partial charge on any atom is 0.251 e. The van der Waals surface area contributed by atoms with E-state index in [-0.39, 0.29) is 11.4 Å². The number of rotatable bonds is 4. The molecule has 3 N–H and O–H groups in total. The van der Waals surface area contributed by atoms with Crippen molar-refractivity contribution in [1.29, 1.82) is 0 Å². The van der Waals surface area contributed by atoms with Crippen molar-refractivity contribution in [1.82, 2.24) is 10.3 Å². The third-order valence-corrected chi connectivity index (χ3v) is 4.69. The number of nitrogens with zero attached hydrogens (tertiary/aromatic N) is 1. The van der Waals surface area contributed by atoms with Crippen molar-refractivity contribution in [3.63, 3.8) is 0 Å². The molecule has 0 saturated heterocycles. The van der Waals surface area contributed by atoms with Gasteiger partial charge in [0, 0.05) is 12.1 Å². The second-order valence-corrected chi connectivity index (χ2v) is 6.27. The van der Waals surface area contributed by atoms with E-state index in [1.165, 1.54) is 0 Å². The molecule has 1 heterocycles. The molecule has 1 amide bonds. The number of carbonyl (C=O) groups excluding carboxylic acids is 1. The van der Waals surface area contributed by atoms with E-state index in [2.05, 4.69) is 10.3 Å². The Labute approximate surface area is 116 Å². The zero-order valence-corrected chi connectivity index (χ0v) is 11.7. The average Bonchev–Trinajstić information content (AvgIpc) is 3.17. The summed E-state index contributed by atoms with van der Waals surface area (Å²) in [7, 11) is 0. The maximum atomic E-state index is 12.3. The van der Waals surface area contributed by atoms with Gasteiger partial charge in [-0.05, 0) is 43.9 Å². The quantitative estimate of drug-likeness (QED) is 0.898. The molecule has 19 heavy (non-hydrogen) atoms. The molecule has 5 heteroatoms. The molecule has 1 aliphatic rings. The molecule has 3 rings (SSSR count). The summed E-state index contributed by atoms with van der Waals surface area (Å²) in [5.74, 6) is 0.476. The fraction of sp³-hybridized carbons (Fsp3) is 0.429. The maximum absolute atomic E-state index is 12.3. The molecule has 1 atom stereocenters. The smallest absolute Gasteiger partial charge is 0.251 e. The van der Waals surface area contributed by atoms with Crippen LogP contribution in [-0.4, -0.2) is 23.0 Å². The number of hydrogen-bond donors (Lipinski definition) is 2. The number of carbonyl (C=O) groups is 1. The van der Waals surface area contributed by atoms with E-state index in [1.54, 1.807) is 16.8 Å². The van der Waals surface area contributed by atoms with Crippen molar-refractivity contribution < 1.29 is 4.79 Å². The Morgan fingerprint density at radius 2 is 2.37 bits per heavy atom. The number of nitrogens with one attached hydrogen (secondary N) is 1. The van der Waals surface area contributed by atoms with Gasteiger partial charge in [0.15, 0.2) is 0 Å². The zero-order valence-electron chi connectivity index (χ0n) is 10.8. The van der Waals surface area contributed by atoms with Crippen molar-refractivity contribution in [2.45, 2.75) is 25.3 Å². The normalized spacial score (nSPS) is 18.2. The average molecular weight is 275 g/mol. The number of benzene rings is 1. The number of amides is 1. The van der Waals surface area contributed by atoms with Gasteiger partial charge in [0.25, 0.3) is 5.91 Å². The highest BCUT2D eigenvalue weighted by molar-refractivity contribution is 7.16. The van der Waals surface area contributed by atoms with Gasteiger partial charge in [0.05, 0.1) is 21.3 Å². The monoisotopic (exact) mass is 275 g/mol. The minimum atomic E-state index is -0.278. The van der Waals surface area contributed by atoms with E-state index in [1.807, 2.05) is 25.1 Å². The van der Waals surface area contributed by atoms with Gasteiger partial charge < -0.3 is 11.1 Å². The molecule has 0 aliphatic heterocycles. The van der Waals surface area contributed by atoms with Gasteiger partial charge in [-0.25, -0.2) is 4.98 Å². The first-order valence-corrected chi connectivity index (χ1v) is 7.36. The standard InChI is InChI=1S/C14H17N3OS/c1-14(7-15,10-3-4-10)17-13(18)9-2-5-11-12(6-9)19-8-16-11/h2,5-6,8,10H,3-4,7,15H2,1H3,(H,17,18). The van der Waals surface area contributed by atoms with Crippen molar-refractivity contribution in [2.75, 3.05) is 6.54 Å². The van der Waals surface area contributed by atoms with Gasteiger partial charge in [-0.15, -0.1) is 11.3 Å². The number of nitrogens with two attached hydrogens (primary N) is 1. The summed E-state index contributed by atoms with van der Waals surface area (Å²) < 4.78 is 1.04. The fourth-order valence-corrected chi connectivity index (χ4v) is 3.08. The number of hydrogen-bond acceptors (Lipinski definition) is 4. The molecule has 1 aromatic carbocycles. The molecule has 100 valence electrons. The first-order chi connectivity index (χ1) is 9.12. The molecular formula is C14H17N3OS. The van der Waals surface area contributed by atoms with E-state index in [0.29, 0.717) is 18.0 Å². The van der Waals surface area contributed by atoms with Gasteiger partial charge in [0.2, 0.25) is 0 Å². The molecular weight excluding hydrogens is 258 g/mol. The summed E-state index contributed by atoms with van der Waals surface area (Å²) in [5, 5.41) is 3.10. The third kappa shape index (κ3) is 2.35. The van der Waals surface area contributed by atoms with Gasteiger partial charge >= 0.3 is 0 Å². The molecule has 4 nitrogen and oxygen atoms in total. The predicted octanol–water partition coefficient (Wildman–Crippen LogP) is 2.15. The Bertz CT molecular complexity index is 620. The highest BCUT2D eigenvalue weighted by atomic mass is 32.1. The lowest BCUT2D eigenvalue weighted by Gasteiger charge is -2.29. The molecule has 0 bridgehead atoms. The van der Waals surface area contributed by atoms with Crippen LogP contribution >= 0.6 is 11.3 Å². The fourth-order valence-electron chi connectivity index (χ4n) is 2.37. The third-order valence-electron chi connectivity index (χ3n) is 3.89. The summed E-state index contributed by atoms with van der Waals surface area (Å²) in [4.78, 5) is 16.5. The first-order valence-electron chi connectivity index (χ1n) is 6.48. The van der Waals surface area contributed by atoms with Gasteiger partial charge in [-0.1, -0.05) is 0 Å². The van der Waals surface area contributed by atoms with Crippen molar-refractivity contribution in [3.8, 4) is 0 Å². The van der Waals surface area contributed by atoms with E-state index in [0.717, 1.165) is 23.1 Å². The van der Waals surface area contributed by atoms with Crippen molar-refractivity contribution in [2.24, 2.45) is 11.7 Å². The van der Waals surface area contributed by atoms with Crippen LogP contribution in [0.2, 0.25) is 0 Å². The second-order valence-electron chi connectivity index (χ2n) is 5.38. The molecule has 1 aliphatic carbocycles. The van der Waals surface area contributed by atoms with Crippen LogP contribution in [0.5, 0.6) is 0 Å². The zero-order chi connectivity index (χ0) is 13.5. The van der Waals surface area contributed by atoms with Crippen LogP contribution in [0.15, 0.2) is 23.7 Å². The molecule has 2 aromatic rings. The Morgan fingerprint density at radius 3 is 3.05 bits per heavy atom. The minimum absolute atomic E-state index is 0.0462. The first kappa shape index (κ1) is 12.6.